The van der Waals surface area contributed by atoms with E-state index in [-0.39, 0.29) is 26.5 Å². The molecule has 0 saturated heterocycles. The molecule has 0 N–H and O–H groups in total. The summed E-state index contributed by atoms with van der Waals surface area (Å²) in [5.41, 5.74) is 6.31. The molecule has 0 unspecified atom stereocenters. The van der Waals surface area contributed by atoms with E-state index >= 15 is 0 Å². The SMILES string of the molecule is CC1(C)c2ccc[c-]c2-c2c1ccc1cccnc21.[Pt]. The van der Waals surface area contributed by atoms with Crippen molar-refractivity contribution in [2.24, 2.45) is 0 Å². The summed E-state index contributed by atoms with van der Waals surface area (Å²) < 4.78 is 0. The van der Waals surface area contributed by atoms with Crippen LogP contribution in [0.4, 0.5) is 0 Å². The molecule has 0 aliphatic heterocycles. The Kier molecular flexibility index (Phi) is 3.06. The van der Waals surface area contributed by atoms with Crippen molar-refractivity contribution >= 4 is 10.9 Å². The predicted octanol–water partition coefficient (Wildman–Crippen LogP) is 4.34. The molecular weight excluding hydrogens is 425 g/mol. The maximum atomic E-state index is 4.60. The van der Waals surface area contributed by atoms with Crippen LogP contribution in [-0.4, -0.2) is 4.98 Å². The number of hydrogen-bond donors (Lipinski definition) is 0. The van der Waals surface area contributed by atoms with Crippen molar-refractivity contribution in [3.05, 3.63) is 65.9 Å². The summed E-state index contributed by atoms with van der Waals surface area (Å²) in [6, 6.07) is 18.2. The third-order valence-corrected chi connectivity index (χ3v) is 4.23. The molecule has 3 aromatic rings. The van der Waals surface area contributed by atoms with E-state index < -0.39 is 0 Å². The van der Waals surface area contributed by atoms with Gasteiger partial charge in [0.15, 0.2) is 0 Å². The van der Waals surface area contributed by atoms with Crippen molar-refractivity contribution in [2.45, 2.75) is 19.3 Å². The first-order chi connectivity index (χ1) is 9.19. The summed E-state index contributed by atoms with van der Waals surface area (Å²) >= 11 is 0. The summed E-state index contributed by atoms with van der Waals surface area (Å²) in [4.78, 5) is 4.60. The van der Waals surface area contributed by atoms with Gasteiger partial charge in [-0.05, 0) is 16.9 Å². The first kappa shape index (κ1) is 13.5. The van der Waals surface area contributed by atoms with Crippen LogP contribution >= 0.6 is 0 Å². The summed E-state index contributed by atoms with van der Waals surface area (Å²) in [6.45, 7) is 4.56. The quantitative estimate of drug-likeness (QED) is 0.475. The minimum Gasteiger partial charge on any atom is -0.266 e. The monoisotopic (exact) mass is 439 g/mol. The number of pyridine rings is 1. The fraction of sp³-hybridized carbons (Fsp3) is 0.167. The average Bonchev–Trinajstić information content (AvgIpc) is 2.68. The van der Waals surface area contributed by atoms with E-state index in [1.54, 1.807) is 0 Å². The number of benzene rings is 2. The van der Waals surface area contributed by atoms with Crippen LogP contribution in [-0.2, 0) is 26.5 Å². The van der Waals surface area contributed by atoms with Gasteiger partial charge in [0.25, 0.3) is 0 Å². The van der Waals surface area contributed by atoms with Gasteiger partial charge in [0.05, 0.1) is 0 Å². The molecule has 0 atom stereocenters. The Morgan fingerprint density at radius 3 is 2.70 bits per heavy atom. The van der Waals surface area contributed by atoms with Gasteiger partial charge in [-0.3, -0.25) is 4.98 Å². The van der Waals surface area contributed by atoms with Gasteiger partial charge >= 0.3 is 0 Å². The Balaban J connectivity index is 0.00000121. The summed E-state index contributed by atoms with van der Waals surface area (Å²) in [7, 11) is 0. The Bertz CT molecular complexity index is 805. The predicted molar refractivity (Wildman–Crippen MR) is 78.1 cm³/mol. The molecule has 20 heavy (non-hydrogen) atoms. The molecule has 0 fully saturated rings. The van der Waals surface area contributed by atoms with E-state index in [0.29, 0.717) is 0 Å². The topological polar surface area (TPSA) is 12.9 Å². The second-order valence-electron chi connectivity index (χ2n) is 5.65. The summed E-state index contributed by atoms with van der Waals surface area (Å²) in [6.07, 6.45) is 1.87. The molecule has 1 aliphatic carbocycles. The standard InChI is InChI=1S/C18H14N.Pt/c1-18(2)14-8-4-3-7-13(14)16-15(18)10-9-12-6-5-11-19-17(12)16;/h3-6,8-11H,1-2H3;/q-1;. The molecule has 0 amide bonds. The van der Waals surface area contributed by atoms with Crippen molar-refractivity contribution in [2.75, 3.05) is 0 Å². The average molecular weight is 439 g/mol. The smallest absolute Gasteiger partial charge is 0.0369 e. The molecule has 1 aromatic heterocycles. The maximum Gasteiger partial charge on any atom is 0.0369 e. The molecule has 2 aromatic carbocycles. The van der Waals surface area contributed by atoms with E-state index in [1.807, 2.05) is 18.3 Å². The van der Waals surface area contributed by atoms with Crippen molar-refractivity contribution in [3.63, 3.8) is 0 Å². The zero-order valence-electron chi connectivity index (χ0n) is 11.4. The Labute approximate surface area is 133 Å². The largest absolute Gasteiger partial charge is 0.266 e. The van der Waals surface area contributed by atoms with Crippen molar-refractivity contribution in [1.29, 1.82) is 0 Å². The van der Waals surface area contributed by atoms with Crippen LogP contribution in [0.15, 0.2) is 48.7 Å². The molecule has 2 heteroatoms. The molecule has 102 valence electrons. The van der Waals surface area contributed by atoms with E-state index in [1.165, 1.54) is 27.6 Å². The molecule has 1 nitrogen and oxygen atoms in total. The van der Waals surface area contributed by atoms with Gasteiger partial charge in [-0.15, -0.1) is 35.4 Å². The van der Waals surface area contributed by atoms with Gasteiger partial charge in [-0.25, -0.2) is 0 Å². The van der Waals surface area contributed by atoms with Gasteiger partial charge in [-0.2, -0.15) is 0 Å². The summed E-state index contributed by atoms with van der Waals surface area (Å²) in [5.74, 6) is 0. The van der Waals surface area contributed by atoms with Crippen molar-refractivity contribution in [1.82, 2.24) is 4.98 Å². The third-order valence-electron chi connectivity index (χ3n) is 4.23. The van der Waals surface area contributed by atoms with E-state index in [4.69, 9.17) is 0 Å². The fourth-order valence-corrected chi connectivity index (χ4v) is 3.23. The molecule has 0 bridgehead atoms. The first-order valence-corrected chi connectivity index (χ1v) is 6.59. The van der Waals surface area contributed by atoms with Crippen LogP contribution < -0.4 is 0 Å². The van der Waals surface area contributed by atoms with Crippen molar-refractivity contribution < 1.29 is 21.1 Å². The number of fused-ring (bicyclic) bond motifs is 5. The minimum atomic E-state index is 0. The molecule has 0 spiro atoms. The van der Waals surface area contributed by atoms with E-state index in [0.717, 1.165) is 5.52 Å². The van der Waals surface area contributed by atoms with Gasteiger partial charge in [0, 0.05) is 32.8 Å². The zero-order valence-corrected chi connectivity index (χ0v) is 13.7. The minimum absolute atomic E-state index is 0. The maximum absolute atomic E-state index is 4.60. The molecule has 0 saturated carbocycles. The van der Waals surface area contributed by atoms with Crippen LogP contribution in [0.2, 0.25) is 0 Å². The zero-order chi connectivity index (χ0) is 13.0. The molecular formula is C18H14NPt-. The van der Waals surface area contributed by atoms with Gasteiger partial charge in [-0.1, -0.05) is 43.2 Å². The fourth-order valence-electron chi connectivity index (χ4n) is 3.23. The number of hydrogen-bond acceptors (Lipinski definition) is 1. The second-order valence-corrected chi connectivity index (χ2v) is 5.65. The van der Waals surface area contributed by atoms with Crippen molar-refractivity contribution in [3.8, 4) is 11.1 Å². The second kappa shape index (κ2) is 4.53. The third kappa shape index (κ3) is 1.63. The normalized spacial score (nSPS) is 14.5. The van der Waals surface area contributed by atoms with Gasteiger partial charge in [0.1, 0.15) is 0 Å². The molecule has 1 heterocycles. The van der Waals surface area contributed by atoms with E-state index in [2.05, 4.69) is 55.2 Å². The van der Waals surface area contributed by atoms with Crippen LogP contribution in [0, 0.1) is 6.07 Å². The van der Waals surface area contributed by atoms with Crippen LogP contribution in [0.5, 0.6) is 0 Å². The Morgan fingerprint density at radius 1 is 1.00 bits per heavy atom. The number of rotatable bonds is 0. The van der Waals surface area contributed by atoms with Gasteiger partial charge < -0.3 is 0 Å². The molecule has 0 radical (unpaired) electrons. The molecule has 1 aliphatic rings. The first-order valence-electron chi connectivity index (χ1n) is 6.59. The van der Waals surface area contributed by atoms with Crippen LogP contribution in [0.3, 0.4) is 0 Å². The Hall–Kier alpha value is -1.46. The van der Waals surface area contributed by atoms with Crippen LogP contribution in [0.1, 0.15) is 25.0 Å². The van der Waals surface area contributed by atoms with Gasteiger partial charge in [0.2, 0.25) is 0 Å². The number of aromatic nitrogens is 1. The van der Waals surface area contributed by atoms with Crippen LogP contribution in [0.25, 0.3) is 22.0 Å². The molecule has 4 rings (SSSR count). The van der Waals surface area contributed by atoms with E-state index in [9.17, 15) is 0 Å². The Morgan fingerprint density at radius 2 is 1.85 bits per heavy atom. The summed E-state index contributed by atoms with van der Waals surface area (Å²) in [5, 5.41) is 1.20. The number of nitrogens with zero attached hydrogens (tertiary/aromatic N) is 1.